The molecule has 0 spiro atoms. The molecule has 3 aromatic heterocycles. The number of hydrogen-bond donors (Lipinski definition) is 1. The predicted octanol–water partition coefficient (Wildman–Crippen LogP) is 3.06. The Hall–Kier alpha value is -3.32. The predicted molar refractivity (Wildman–Crippen MR) is 95.1 cm³/mol. The molecule has 0 aliphatic rings. The third-order valence-corrected chi connectivity index (χ3v) is 4.05. The average molecular weight is 351 g/mol. The molecule has 4 aromatic rings. The van der Waals surface area contributed by atoms with E-state index in [1.807, 2.05) is 28.8 Å². The number of benzene rings is 1. The van der Waals surface area contributed by atoms with Crippen molar-refractivity contribution in [3.63, 3.8) is 0 Å². The van der Waals surface area contributed by atoms with Gasteiger partial charge in [0, 0.05) is 24.9 Å². The first-order valence-corrected chi connectivity index (χ1v) is 8.09. The molecule has 3 heterocycles. The van der Waals surface area contributed by atoms with Crippen LogP contribution in [0.2, 0.25) is 0 Å². The molecule has 7 nitrogen and oxygen atoms in total. The molecule has 132 valence electrons. The Kier molecular flexibility index (Phi) is 4.28. The number of methoxy groups -OCH3 is 1. The molecule has 0 atom stereocenters. The van der Waals surface area contributed by atoms with E-state index in [2.05, 4.69) is 10.1 Å². The summed E-state index contributed by atoms with van der Waals surface area (Å²) in [6, 6.07) is 12.8. The van der Waals surface area contributed by atoms with Crippen LogP contribution < -0.4 is 10.1 Å². The maximum Gasteiger partial charge on any atom is 0.155 e. The molecule has 0 fully saturated rings. The van der Waals surface area contributed by atoms with Gasteiger partial charge in [-0.15, -0.1) is 0 Å². The number of rotatable bonds is 5. The minimum absolute atomic E-state index is 0.385. The summed E-state index contributed by atoms with van der Waals surface area (Å²) in [5.41, 5.74) is 2.23. The minimum Gasteiger partial charge on any atom is -0.491 e. The van der Waals surface area contributed by atoms with E-state index in [0.29, 0.717) is 46.7 Å². The van der Waals surface area contributed by atoms with E-state index >= 15 is 0 Å². The van der Waals surface area contributed by atoms with Gasteiger partial charge >= 0.3 is 0 Å². The molecule has 0 saturated carbocycles. The topological polar surface area (TPSA) is 81.5 Å². The van der Waals surface area contributed by atoms with Crippen LogP contribution in [0.1, 0.15) is 0 Å². The van der Waals surface area contributed by atoms with Gasteiger partial charge in [-0.1, -0.05) is 5.16 Å². The van der Waals surface area contributed by atoms with Crippen molar-refractivity contribution in [3.05, 3.63) is 60.3 Å². The molecule has 1 aromatic carbocycles. The standard InChI is InChI=1S/C19H17N3O4/c1-24-7-8-25-14-4-5-18-15(10-14)16(21-23)11-19(26-18)17-9-13-3-2-6-22(13)12-20-17/h2-6,9-12,23H,7-8H2,1H3/b21-16+. The first-order valence-electron chi connectivity index (χ1n) is 8.09. The van der Waals surface area contributed by atoms with Crippen LogP contribution in [0.25, 0.3) is 27.9 Å². The second-order valence-electron chi connectivity index (χ2n) is 5.71. The fourth-order valence-corrected chi connectivity index (χ4v) is 2.76. The molecule has 0 saturated heterocycles. The number of aromatic nitrogens is 2. The molecule has 26 heavy (non-hydrogen) atoms. The van der Waals surface area contributed by atoms with Crippen LogP contribution in [0, 0.1) is 0 Å². The zero-order chi connectivity index (χ0) is 17.9. The van der Waals surface area contributed by atoms with Gasteiger partial charge in [0.2, 0.25) is 0 Å². The van der Waals surface area contributed by atoms with Crippen molar-refractivity contribution in [2.75, 3.05) is 20.3 Å². The number of ether oxygens (including phenoxy) is 2. The summed E-state index contributed by atoms with van der Waals surface area (Å²) in [5, 5.41) is 13.9. The summed E-state index contributed by atoms with van der Waals surface area (Å²) in [7, 11) is 1.62. The highest BCUT2D eigenvalue weighted by atomic mass is 16.5. The first kappa shape index (κ1) is 16.2. The van der Waals surface area contributed by atoms with Crippen LogP contribution in [0.4, 0.5) is 0 Å². The van der Waals surface area contributed by atoms with Crippen LogP contribution in [0.3, 0.4) is 0 Å². The van der Waals surface area contributed by atoms with Gasteiger partial charge in [0.05, 0.1) is 18.3 Å². The number of nitrogens with zero attached hydrogens (tertiary/aromatic N) is 3. The summed E-state index contributed by atoms with van der Waals surface area (Å²) < 4.78 is 18.5. The molecule has 7 heteroatoms. The molecule has 0 aliphatic carbocycles. The lowest BCUT2D eigenvalue weighted by molar-refractivity contribution is 0.146. The van der Waals surface area contributed by atoms with E-state index < -0.39 is 0 Å². The van der Waals surface area contributed by atoms with Gasteiger partial charge in [-0.3, -0.25) is 0 Å². The Morgan fingerprint density at radius 2 is 2.12 bits per heavy atom. The van der Waals surface area contributed by atoms with Gasteiger partial charge in [-0.05, 0) is 36.4 Å². The summed E-state index contributed by atoms with van der Waals surface area (Å²) in [4.78, 5) is 4.41. The minimum atomic E-state index is 0.385. The molecule has 4 rings (SSSR count). The van der Waals surface area contributed by atoms with Crippen LogP contribution in [-0.2, 0) is 4.74 Å². The van der Waals surface area contributed by atoms with E-state index in [-0.39, 0.29) is 0 Å². The van der Waals surface area contributed by atoms with Crippen molar-refractivity contribution in [1.29, 1.82) is 0 Å². The van der Waals surface area contributed by atoms with E-state index in [4.69, 9.17) is 13.9 Å². The van der Waals surface area contributed by atoms with E-state index in [1.165, 1.54) is 0 Å². The lowest BCUT2D eigenvalue weighted by Crippen LogP contribution is -2.06. The summed E-state index contributed by atoms with van der Waals surface area (Å²) in [6.07, 6.45) is 3.64. The van der Waals surface area contributed by atoms with E-state index in [9.17, 15) is 5.21 Å². The van der Waals surface area contributed by atoms with Crippen LogP contribution >= 0.6 is 0 Å². The molecule has 0 amide bonds. The summed E-state index contributed by atoms with van der Waals surface area (Å²) in [6.45, 7) is 0.927. The molecular formula is C19H17N3O4. The lowest BCUT2D eigenvalue weighted by atomic mass is 10.2. The highest BCUT2D eigenvalue weighted by Crippen LogP contribution is 2.24. The average Bonchev–Trinajstić information content (AvgIpc) is 3.15. The maximum absolute atomic E-state index is 9.45. The zero-order valence-electron chi connectivity index (χ0n) is 14.1. The third-order valence-electron chi connectivity index (χ3n) is 4.05. The van der Waals surface area contributed by atoms with Crippen molar-refractivity contribution in [2.45, 2.75) is 0 Å². The summed E-state index contributed by atoms with van der Waals surface area (Å²) in [5.74, 6) is 1.16. The van der Waals surface area contributed by atoms with Crippen LogP contribution in [0.15, 0.2) is 64.6 Å². The number of hydrogen-bond acceptors (Lipinski definition) is 6. The zero-order valence-corrected chi connectivity index (χ0v) is 14.1. The van der Waals surface area contributed by atoms with Gasteiger partial charge in [-0.25, -0.2) is 4.98 Å². The van der Waals surface area contributed by atoms with Crippen molar-refractivity contribution >= 4 is 16.5 Å². The largest absolute Gasteiger partial charge is 0.491 e. The Balaban J connectivity index is 1.78. The van der Waals surface area contributed by atoms with Gasteiger partial charge in [0.15, 0.2) is 5.76 Å². The molecule has 0 bridgehead atoms. The molecule has 0 aliphatic heterocycles. The monoisotopic (exact) mass is 351 g/mol. The van der Waals surface area contributed by atoms with Gasteiger partial charge in [0.1, 0.15) is 29.0 Å². The van der Waals surface area contributed by atoms with Crippen molar-refractivity contribution in [3.8, 4) is 17.2 Å². The Bertz CT molecular complexity index is 1130. The van der Waals surface area contributed by atoms with Crippen LogP contribution in [0.5, 0.6) is 5.75 Å². The Labute approximate surface area is 148 Å². The Morgan fingerprint density at radius 1 is 1.19 bits per heavy atom. The number of fused-ring (bicyclic) bond motifs is 2. The third kappa shape index (κ3) is 3.00. The maximum atomic E-state index is 9.45. The highest BCUT2D eigenvalue weighted by molar-refractivity contribution is 5.80. The van der Waals surface area contributed by atoms with Gasteiger partial charge in [0.25, 0.3) is 0 Å². The lowest BCUT2D eigenvalue weighted by Gasteiger charge is -2.08. The smallest absolute Gasteiger partial charge is 0.155 e. The van der Waals surface area contributed by atoms with Gasteiger partial charge in [-0.2, -0.15) is 0 Å². The quantitative estimate of drug-likeness (QED) is 0.339. The fraction of sp³-hybridized carbons (Fsp3) is 0.158. The Morgan fingerprint density at radius 3 is 2.96 bits per heavy atom. The van der Waals surface area contributed by atoms with Crippen molar-refractivity contribution in [2.24, 2.45) is 5.16 Å². The normalized spacial score (nSPS) is 12.1. The van der Waals surface area contributed by atoms with Crippen LogP contribution in [-0.4, -0.2) is 34.9 Å². The highest BCUT2D eigenvalue weighted by Gasteiger charge is 2.09. The first-order chi connectivity index (χ1) is 12.8. The van der Waals surface area contributed by atoms with Crippen molar-refractivity contribution in [1.82, 2.24) is 9.38 Å². The van der Waals surface area contributed by atoms with E-state index in [1.54, 1.807) is 37.7 Å². The second kappa shape index (κ2) is 6.89. The molecular weight excluding hydrogens is 334 g/mol. The summed E-state index contributed by atoms with van der Waals surface area (Å²) >= 11 is 0. The second-order valence-corrected chi connectivity index (χ2v) is 5.71. The molecule has 0 unspecified atom stereocenters. The van der Waals surface area contributed by atoms with Gasteiger partial charge < -0.3 is 23.5 Å². The molecule has 1 N–H and O–H groups in total. The molecule has 0 radical (unpaired) electrons. The van der Waals surface area contributed by atoms with Crippen molar-refractivity contribution < 1.29 is 19.1 Å². The van der Waals surface area contributed by atoms with E-state index in [0.717, 1.165) is 5.52 Å². The SMILES string of the molecule is COCCOc1ccc2oc(-c3cc4cccn4cn3)c/c(=N\O)c2c1. The fourth-order valence-electron chi connectivity index (χ4n) is 2.76.